The first-order valence-corrected chi connectivity index (χ1v) is 7.45. The van der Waals surface area contributed by atoms with Crippen LogP contribution in [0.3, 0.4) is 0 Å². The van der Waals surface area contributed by atoms with Crippen LogP contribution in [0.1, 0.15) is 13.3 Å². The minimum atomic E-state index is -3.47. The predicted octanol–water partition coefficient (Wildman–Crippen LogP) is 2.48. The van der Waals surface area contributed by atoms with E-state index in [-0.39, 0.29) is 11.4 Å². The molecular weight excluding hydrogens is 302 g/mol. The first-order chi connectivity index (χ1) is 8.02. The largest absolute Gasteiger partial charge is 0.243 e. The smallest absolute Gasteiger partial charge is 0.207 e. The molecule has 0 aliphatic rings. The third kappa shape index (κ3) is 3.56. The lowest BCUT2D eigenvalue weighted by Crippen LogP contribution is -2.32. The van der Waals surface area contributed by atoms with E-state index >= 15 is 0 Å². The van der Waals surface area contributed by atoms with Gasteiger partial charge in [-0.1, -0.05) is 28.8 Å². The van der Waals surface area contributed by atoms with Crippen LogP contribution in [0.25, 0.3) is 0 Å². The molecule has 0 atom stereocenters. The molecule has 0 fully saturated rings. The van der Waals surface area contributed by atoms with Crippen molar-refractivity contribution in [3.8, 4) is 12.3 Å². The fraction of sp³-hybridized carbons (Fsp3) is 0.333. The Bertz CT molecular complexity index is 502. The van der Waals surface area contributed by atoms with Crippen LogP contribution < -0.4 is 0 Å². The maximum Gasteiger partial charge on any atom is 0.243 e. The van der Waals surface area contributed by atoms with Gasteiger partial charge in [0.1, 0.15) is 0 Å². The molecule has 0 aliphatic carbocycles. The van der Waals surface area contributed by atoms with Gasteiger partial charge in [-0.05, 0) is 30.7 Å². The van der Waals surface area contributed by atoms with Crippen LogP contribution in [-0.4, -0.2) is 25.8 Å². The number of benzene rings is 1. The molecule has 0 saturated heterocycles. The van der Waals surface area contributed by atoms with Crippen molar-refractivity contribution >= 4 is 26.0 Å². The van der Waals surface area contributed by atoms with Gasteiger partial charge in [0.2, 0.25) is 10.0 Å². The Morgan fingerprint density at radius 3 is 2.41 bits per heavy atom. The minimum Gasteiger partial charge on any atom is -0.207 e. The summed E-state index contributed by atoms with van der Waals surface area (Å²) in [6, 6.07) is 6.54. The van der Waals surface area contributed by atoms with Gasteiger partial charge in [0.25, 0.3) is 0 Å². The normalized spacial score (nSPS) is 11.4. The predicted molar refractivity (Wildman–Crippen MR) is 72.0 cm³/mol. The minimum absolute atomic E-state index is 0.103. The molecule has 17 heavy (non-hydrogen) atoms. The van der Waals surface area contributed by atoms with E-state index in [0.717, 1.165) is 10.9 Å². The summed E-state index contributed by atoms with van der Waals surface area (Å²) in [6.45, 7) is 2.45. The fourth-order valence-electron chi connectivity index (χ4n) is 1.39. The first-order valence-electron chi connectivity index (χ1n) is 5.21. The average Bonchev–Trinajstić information content (AvgIpc) is 2.29. The van der Waals surface area contributed by atoms with Crippen molar-refractivity contribution in [3.63, 3.8) is 0 Å². The maximum atomic E-state index is 12.2. The van der Waals surface area contributed by atoms with Crippen LogP contribution in [0.15, 0.2) is 33.6 Å². The Labute approximate surface area is 111 Å². The van der Waals surface area contributed by atoms with Crippen LogP contribution in [0.5, 0.6) is 0 Å². The number of nitrogens with zero attached hydrogens (tertiary/aromatic N) is 1. The molecule has 92 valence electrons. The van der Waals surface area contributed by atoms with E-state index in [4.69, 9.17) is 6.42 Å². The number of sulfonamides is 1. The van der Waals surface area contributed by atoms with Gasteiger partial charge in [0, 0.05) is 11.0 Å². The highest BCUT2D eigenvalue weighted by molar-refractivity contribution is 9.10. The molecular formula is C12H14BrNO2S. The molecule has 0 radical (unpaired) electrons. The van der Waals surface area contributed by atoms with E-state index < -0.39 is 10.0 Å². The van der Waals surface area contributed by atoms with E-state index in [0.29, 0.717) is 6.54 Å². The lowest BCUT2D eigenvalue weighted by Gasteiger charge is -2.19. The lowest BCUT2D eigenvalue weighted by molar-refractivity contribution is 0.445. The summed E-state index contributed by atoms with van der Waals surface area (Å²) in [4.78, 5) is 0.268. The van der Waals surface area contributed by atoms with Crippen molar-refractivity contribution in [2.75, 3.05) is 13.1 Å². The zero-order chi connectivity index (χ0) is 12.9. The van der Waals surface area contributed by atoms with Gasteiger partial charge in [0.05, 0.1) is 11.4 Å². The van der Waals surface area contributed by atoms with E-state index in [2.05, 4.69) is 21.9 Å². The third-order valence-electron chi connectivity index (χ3n) is 2.19. The molecule has 0 saturated carbocycles. The van der Waals surface area contributed by atoms with Gasteiger partial charge in [-0.3, -0.25) is 0 Å². The number of hydrogen-bond acceptors (Lipinski definition) is 2. The summed E-state index contributed by atoms with van der Waals surface area (Å²) in [7, 11) is -3.47. The molecule has 0 heterocycles. The molecule has 0 bridgehead atoms. The maximum absolute atomic E-state index is 12.2. The van der Waals surface area contributed by atoms with Crippen LogP contribution >= 0.6 is 15.9 Å². The lowest BCUT2D eigenvalue weighted by atomic mass is 10.4. The average molecular weight is 316 g/mol. The van der Waals surface area contributed by atoms with Crippen molar-refractivity contribution in [3.05, 3.63) is 28.7 Å². The second-order valence-electron chi connectivity index (χ2n) is 3.50. The van der Waals surface area contributed by atoms with Crippen LogP contribution in [0, 0.1) is 12.3 Å². The molecule has 0 amide bonds. The van der Waals surface area contributed by atoms with E-state index in [9.17, 15) is 8.42 Å². The zero-order valence-electron chi connectivity index (χ0n) is 9.56. The Balaban J connectivity index is 3.08. The van der Waals surface area contributed by atoms with Crippen molar-refractivity contribution in [1.29, 1.82) is 0 Å². The molecule has 0 aromatic heterocycles. The Morgan fingerprint density at radius 2 is 1.94 bits per heavy atom. The zero-order valence-corrected chi connectivity index (χ0v) is 12.0. The molecule has 1 aromatic carbocycles. The number of halogens is 1. The second-order valence-corrected chi connectivity index (χ2v) is 6.35. The van der Waals surface area contributed by atoms with E-state index in [1.807, 2.05) is 6.92 Å². The number of hydrogen-bond donors (Lipinski definition) is 0. The van der Waals surface area contributed by atoms with Crippen molar-refractivity contribution in [2.24, 2.45) is 0 Å². The molecule has 1 rings (SSSR count). The van der Waals surface area contributed by atoms with Gasteiger partial charge in [0.15, 0.2) is 0 Å². The quantitative estimate of drug-likeness (QED) is 0.783. The second kappa shape index (κ2) is 6.20. The van der Waals surface area contributed by atoms with Gasteiger partial charge in [-0.2, -0.15) is 4.31 Å². The monoisotopic (exact) mass is 315 g/mol. The molecule has 0 unspecified atom stereocenters. The van der Waals surface area contributed by atoms with Gasteiger partial charge in [-0.15, -0.1) is 6.42 Å². The molecule has 5 heteroatoms. The highest BCUT2D eigenvalue weighted by Gasteiger charge is 2.22. The Morgan fingerprint density at radius 1 is 1.35 bits per heavy atom. The summed E-state index contributed by atoms with van der Waals surface area (Å²) in [5.41, 5.74) is 0. The van der Waals surface area contributed by atoms with E-state index in [1.165, 1.54) is 4.31 Å². The summed E-state index contributed by atoms with van der Waals surface area (Å²) in [6.07, 6.45) is 5.93. The highest BCUT2D eigenvalue weighted by Crippen LogP contribution is 2.18. The van der Waals surface area contributed by atoms with Crippen molar-refractivity contribution in [1.82, 2.24) is 4.31 Å². The molecule has 3 nitrogen and oxygen atoms in total. The number of terminal acetylenes is 1. The van der Waals surface area contributed by atoms with Crippen molar-refractivity contribution in [2.45, 2.75) is 18.2 Å². The van der Waals surface area contributed by atoms with Crippen LogP contribution in [0.4, 0.5) is 0 Å². The molecule has 1 aromatic rings. The summed E-state index contributed by atoms with van der Waals surface area (Å²) < 4.78 is 26.6. The van der Waals surface area contributed by atoms with Gasteiger partial charge in [-0.25, -0.2) is 8.42 Å². The fourth-order valence-corrected chi connectivity index (χ4v) is 3.10. The summed E-state index contributed by atoms with van der Waals surface area (Å²) in [5, 5.41) is 0. The number of rotatable bonds is 5. The standard InChI is InChI=1S/C12H14BrNO2S/c1-3-9-14(10-4-2)17(15,16)12-7-5-11(13)6-8-12/h1,5-8H,4,9-10H2,2H3. The van der Waals surface area contributed by atoms with E-state index in [1.54, 1.807) is 24.3 Å². The Hall–Kier alpha value is -0.830. The van der Waals surface area contributed by atoms with Gasteiger partial charge >= 0.3 is 0 Å². The van der Waals surface area contributed by atoms with Crippen LogP contribution in [-0.2, 0) is 10.0 Å². The third-order valence-corrected chi connectivity index (χ3v) is 4.58. The summed E-state index contributed by atoms with van der Waals surface area (Å²) >= 11 is 3.27. The Kier molecular flexibility index (Phi) is 5.19. The van der Waals surface area contributed by atoms with Crippen LogP contribution in [0.2, 0.25) is 0 Å². The molecule has 0 N–H and O–H groups in total. The topological polar surface area (TPSA) is 37.4 Å². The van der Waals surface area contributed by atoms with Crippen molar-refractivity contribution < 1.29 is 8.42 Å². The molecule has 0 aliphatic heterocycles. The molecule has 0 spiro atoms. The highest BCUT2D eigenvalue weighted by atomic mass is 79.9. The van der Waals surface area contributed by atoms with Gasteiger partial charge < -0.3 is 0 Å². The first kappa shape index (κ1) is 14.2. The summed E-state index contributed by atoms with van der Waals surface area (Å²) in [5.74, 6) is 2.38. The SMILES string of the molecule is C#CCN(CCC)S(=O)(=O)c1ccc(Br)cc1.